The molecule has 3 rings (SSSR count). The highest BCUT2D eigenvalue weighted by Crippen LogP contribution is 2.43. The first-order valence-electron chi connectivity index (χ1n) is 7.99. The summed E-state index contributed by atoms with van der Waals surface area (Å²) in [6, 6.07) is 0. The number of ether oxygens (including phenoxy) is 1. The maximum absolute atomic E-state index is 5.96. The minimum Gasteiger partial charge on any atom is -0.374 e. The molecular weight excluding hydrogens is 250 g/mol. The van der Waals surface area contributed by atoms with E-state index in [1.165, 1.54) is 18.4 Å². The van der Waals surface area contributed by atoms with E-state index in [4.69, 9.17) is 14.7 Å². The van der Waals surface area contributed by atoms with E-state index in [1.807, 2.05) is 0 Å². The molecule has 1 aromatic rings. The molecule has 3 heterocycles. The zero-order chi connectivity index (χ0) is 14.1. The Morgan fingerprint density at radius 3 is 2.70 bits per heavy atom. The van der Waals surface area contributed by atoms with E-state index in [0.717, 1.165) is 43.1 Å². The van der Waals surface area contributed by atoms with Gasteiger partial charge in [0.1, 0.15) is 11.6 Å². The lowest BCUT2D eigenvalue weighted by Crippen LogP contribution is -2.19. The standard InChI is InChI=1S/C16H25N3O/c1-4-8-17-15-12(5-2)10(3)18-16(19-15)13-9-11-6-7-14(13)20-11/h11,13-14H,4-9H2,1-3H3,(H,17,18,19). The van der Waals surface area contributed by atoms with Gasteiger partial charge < -0.3 is 10.1 Å². The second-order valence-electron chi connectivity index (χ2n) is 5.99. The van der Waals surface area contributed by atoms with Crippen LogP contribution in [-0.4, -0.2) is 28.7 Å². The Balaban J connectivity index is 1.89. The molecule has 4 heteroatoms. The van der Waals surface area contributed by atoms with Crippen molar-refractivity contribution in [3.8, 4) is 0 Å². The first-order chi connectivity index (χ1) is 9.72. The maximum Gasteiger partial charge on any atom is 0.136 e. The molecule has 2 fully saturated rings. The van der Waals surface area contributed by atoms with Crippen molar-refractivity contribution < 1.29 is 4.74 Å². The highest BCUT2D eigenvalue weighted by molar-refractivity contribution is 5.47. The fraction of sp³-hybridized carbons (Fsp3) is 0.750. The lowest BCUT2D eigenvalue weighted by atomic mass is 9.88. The predicted octanol–water partition coefficient (Wildman–Crippen LogP) is 3.20. The van der Waals surface area contributed by atoms with Crippen LogP contribution < -0.4 is 5.32 Å². The molecule has 110 valence electrons. The molecule has 0 radical (unpaired) electrons. The number of anilines is 1. The summed E-state index contributed by atoms with van der Waals surface area (Å²) in [5.74, 6) is 2.44. The molecule has 20 heavy (non-hydrogen) atoms. The van der Waals surface area contributed by atoms with Gasteiger partial charge in [-0.05, 0) is 39.0 Å². The van der Waals surface area contributed by atoms with Crippen LogP contribution in [0, 0.1) is 6.92 Å². The first kappa shape index (κ1) is 13.8. The monoisotopic (exact) mass is 275 g/mol. The Kier molecular flexibility index (Phi) is 3.92. The Morgan fingerprint density at radius 2 is 2.10 bits per heavy atom. The molecule has 0 saturated carbocycles. The average Bonchev–Trinajstić information content (AvgIpc) is 3.07. The van der Waals surface area contributed by atoms with E-state index in [9.17, 15) is 0 Å². The Morgan fingerprint density at radius 1 is 1.25 bits per heavy atom. The number of fused-ring (bicyclic) bond motifs is 2. The van der Waals surface area contributed by atoms with Crippen LogP contribution in [-0.2, 0) is 11.2 Å². The number of aryl methyl sites for hydroxylation is 1. The third kappa shape index (κ3) is 2.41. The number of nitrogens with zero attached hydrogens (tertiary/aromatic N) is 2. The van der Waals surface area contributed by atoms with Gasteiger partial charge in [0, 0.05) is 23.7 Å². The Labute approximate surface area is 121 Å². The summed E-state index contributed by atoms with van der Waals surface area (Å²) in [4.78, 5) is 9.62. The second kappa shape index (κ2) is 5.68. The molecule has 3 atom stereocenters. The number of hydrogen-bond donors (Lipinski definition) is 1. The van der Waals surface area contributed by atoms with Crippen molar-refractivity contribution in [2.24, 2.45) is 0 Å². The van der Waals surface area contributed by atoms with Gasteiger partial charge >= 0.3 is 0 Å². The summed E-state index contributed by atoms with van der Waals surface area (Å²) in [6.45, 7) is 7.42. The number of rotatable bonds is 5. The third-order valence-electron chi connectivity index (χ3n) is 4.56. The van der Waals surface area contributed by atoms with Crippen molar-refractivity contribution in [1.29, 1.82) is 0 Å². The van der Waals surface area contributed by atoms with Gasteiger partial charge in [-0.15, -0.1) is 0 Å². The van der Waals surface area contributed by atoms with Crippen LogP contribution in [0.4, 0.5) is 5.82 Å². The summed E-state index contributed by atoms with van der Waals surface area (Å²) in [5, 5.41) is 3.47. The second-order valence-corrected chi connectivity index (χ2v) is 5.99. The van der Waals surface area contributed by atoms with Gasteiger partial charge in [0.25, 0.3) is 0 Å². The van der Waals surface area contributed by atoms with Crippen molar-refractivity contribution in [1.82, 2.24) is 9.97 Å². The molecule has 2 bridgehead atoms. The van der Waals surface area contributed by atoms with Crippen molar-refractivity contribution in [3.05, 3.63) is 17.1 Å². The molecule has 0 aromatic carbocycles. The molecule has 0 spiro atoms. The maximum atomic E-state index is 5.96. The summed E-state index contributed by atoms with van der Waals surface area (Å²) in [7, 11) is 0. The molecule has 0 aliphatic carbocycles. The summed E-state index contributed by atoms with van der Waals surface area (Å²) < 4.78 is 5.96. The van der Waals surface area contributed by atoms with Crippen LogP contribution in [0.25, 0.3) is 0 Å². The lowest BCUT2D eigenvalue weighted by molar-refractivity contribution is 0.0998. The quantitative estimate of drug-likeness (QED) is 0.896. The SMILES string of the molecule is CCCNc1nc(C2CC3CCC2O3)nc(C)c1CC. The van der Waals surface area contributed by atoms with Crippen LogP contribution in [0.5, 0.6) is 0 Å². The van der Waals surface area contributed by atoms with Gasteiger partial charge in [0.2, 0.25) is 0 Å². The highest BCUT2D eigenvalue weighted by atomic mass is 16.5. The minimum absolute atomic E-state index is 0.353. The van der Waals surface area contributed by atoms with Crippen LogP contribution >= 0.6 is 0 Å². The van der Waals surface area contributed by atoms with E-state index in [0.29, 0.717) is 18.1 Å². The van der Waals surface area contributed by atoms with E-state index in [2.05, 4.69) is 26.1 Å². The molecule has 2 aliphatic rings. The Hall–Kier alpha value is -1.16. The third-order valence-corrected chi connectivity index (χ3v) is 4.56. The van der Waals surface area contributed by atoms with Gasteiger partial charge in [0.05, 0.1) is 12.2 Å². The van der Waals surface area contributed by atoms with Gasteiger partial charge in [-0.25, -0.2) is 9.97 Å². The number of hydrogen-bond acceptors (Lipinski definition) is 4. The Bertz CT molecular complexity index is 489. The number of aromatic nitrogens is 2. The molecule has 2 aliphatic heterocycles. The predicted molar refractivity (Wildman–Crippen MR) is 80.2 cm³/mol. The first-order valence-corrected chi connectivity index (χ1v) is 7.99. The van der Waals surface area contributed by atoms with E-state index < -0.39 is 0 Å². The van der Waals surface area contributed by atoms with Crippen molar-refractivity contribution in [2.45, 2.75) is 71.0 Å². The number of nitrogens with one attached hydrogen (secondary N) is 1. The van der Waals surface area contributed by atoms with Gasteiger partial charge in [-0.3, -0.25) is 0 Å². The van der Waals surface area contributed by atoms with Crippen molar-refractivity contribution in [2.75, 3.05) is 11.9 Å². The van der Waals surface area contributed by atoms with Gasteiger partial charge in [-0.1, -0.05) is 13.8 Å². The van der Waals surface area contributed by atoms with Crippen LogP contribution in [0.1, 0.15) is 62.5 Å². The van der Waals surface area contributed by atoms with Crippen molar-refractivity contribution in [3.63, 3.8) is 0 Å². The fourth-order valence-corrected chi connectivity index (χ4v) is 3.51. The molecule has 4 nitrogen and oxygen atoms in total. The fourth-order valence-electron chi connectivity index (χ4n) is 3.51. The molecule has 3 unspecified atom stereocenters. The molecule has 1 aromatic heterocycles. The largest absolute Gasteiger partial charge is 0.374 e. The normalized spacial score (nSPS) is 28.1. The van der Waals surface area contributed by atoms with E-state index in [1.54, 1.807) is 0 Å². The van der Waals surface area contributed by atoms with Gasteiger partial charge in [0.15, 0.2) is 0 Å². The zero-order valence-corrected chi connectivity index (χ0v) is 12.8. The smallest absolute Gasteiger partial charge is 0.136 e. The summed E-state index contributed by atoms with van der Waals surface area (Å²) in [5.41, 5.74) is 2.38. The average molecular weight is 275 g/mol. The highest BCUT2D eigenvalue weighted by Gasteiger charge is 2.43. The summed E-state index contributed by atoms with van der Waals surface area (Å²) in [6.07, 6.45) is 6.38. The van der Waals surface area contributed by atoms with E-state index >= 15 is 0 Å². The molecule has 1 N–H and O–H groups in total. The molecular formula is C16H25N3O. The van der Waals surface area contributed by atoms with E-state index in [-0.39, 0.29) is 0 Å². The zero-order valence-electron chi connectivity index (χ0n) is 12.8. The lowest BCUT2D eigenvalue weighted by Gasteiger charge is -2.20. The molecule has 0 amide bonds. The van der Waals surface area contributed by atoms with Crippen LogP contribution in [0.3, 0.4) is 0 Å². The molecule has 2 saturated heterocycles. The van der Waals surface area contributed by atoms with Crippen LogP contribution in [0.15, 0.2) is 0 Å². The van der Waals surface area contributed by atoms with Crippen LogP contribution in [0.2, 0.25) is 0 Å². The van der Waals surface area contributed by atoms with Gasteiger partial charge in [-0.2, -0.15) is 0 Å². The van der Waals surface area contributed by atoms with Crippen molar-refractivity contribution >= 4 is 5.82 Å². The summed E-state index contributed by atoms with van der Waals surface area (Å²) >= 11 is 0. The minimum atomic E-state index is 0.353. The topological polar surface area (TPSA) is 47.0 Å².